The molecule has 0 amide bonds. The van der Waals surface area contributed by atoms with Gasteiger partial charge < -0.3 is 15.0 Å². The van der Waals surface area contributed by atoms with Gasteiger partial charge >= 0.3 is 0 Å². The van der Waals surface area contributed by atoms with Crippen LogP contribution >= 0.6 is 0 Å². The second kappa shape index (κ2) is 5.95. The van der Waals surface area contributed by atoms with Crippen LogP contribution in [-0.2, 0) is 4.74 Å². The zero-order valence-electron chi connectivity index (χ0n) is 10.8. The van der Waals surface area contributed by atoms with Gasteiger partial charge in [-0.3, -0.25) is 0 Å². The second-order valence-corrected chi connectivity index (χ2v) is 4.38. The molecule has 0 aromatic carbocycles. The Bertz CT molecular complexity index is 402. The van der Waals surface area contributed by atoms with E-state index in [1.165, 1.54) is 6.20 Å². The molecule has 1 N–H and O–H groups in total. The van der Waals surface area contributed by atoms with Crippen LogP contribution in [0.4, 0.5) is 16.2 Å². The Labute approximate surface area is 106 Å². The summed E-state index contributed by atoms with van der Waals surface area (Å²) >= 11 is 0. The van der Waals surface area contributed by atoms with Crippen molar-refractivity contribution in [3.05, 3.63) is 12.0 Å². The summed E-state index contributed by atoms with van der Waals surface area (Å²) in [5.74, 6) is 0.441. The molecule has 0 bridgehead atoms. The maximum atomic E-state index is 13.8. The lowest BCUT2D eigenvalue weighted by Gasteiger charge is -2.23. The van der Waals surface area contributed by atoms with Crippen LogP contribution in [0.25, 0.3) is 0 Å². The fraction of sp³-hybridized carbons (Fsp3) is 0.667. The molecule has 1 aliphatic heterocycles. The summed E-state index contributed by atoms with van der Waals surface area (Å²) in [6, 6.07) is 0. The van der Waals surface area contributed by atoms with Gasteiger partial charge in [-0.1, -0.05) is 0 Å². The zero-order chi connectivity index (χ0) is 13.0. The summed E-state index contributed by atoms with van der Waals surface area (Å²) in [6.45, 7) is 6.77. The van der Waals surface area contributed by atoms with E-state index in [2.05, 4.69) is 15.3 Å². The van der Waals surface area contributed by atoms with Crippen molar-refractivity contribution < 1.29 is 9.13 Å². The van der Waals surface area contributed by atoms with Gasteiger partial charge in [-0.05, 0) is 20.3 Å². The number of hydrogen-bond acceptors (Lipinski definition) is 5. The SMILES string of the molecule is CCNc1ncc(F)c(N2CCCOC(C)C2)n1. The average molecular weight is 254 g/mol. The maximum absolute atomic E-state index is 13.8. The lowest BCUT2D eigenvalue weighted by Crippen LogP contribution is -2.31. The van der Waals surface area contributed by atoms with E-state index in [-0.39, 0.29) is 11.9 Å². The second-order valence-electron chi connectivity index (χ2n) is 4.38. The Balaban J connectivity index is 2.21. The molecule has 2 rings (SSSR count). The molecule has 6 heteroatoms. The molecule has 1 aliphatic rings. The van der Waals surface area contributed by atoms with Crippen LogP contribution < -0.4 is 10.2 Å². The Morgan fingerprint density at radius 2 is 2.44 bits per heavy atom. The van der Waals surface area contributed by atoms with E-state index in [0.717, 1.165) is 13.0 Å². The molecule has 1 unspecified atom stereocenters. The molecule has 0 aliphatic carbocycles. The van der Waals surface area contributed by atoms with E-state index in [4.69, 9.17) is 4.74 Å². The highest BCUT2D eigenvalue weighted by Gasteiger charge is 2.20. The minimum atomic E-state index is -0.384. The lowest BCUT2D eigenvalue weighted by molar-refractivity contribution is 0.0820. The van der Waals surface area contributed by atoms with Gasteiger partial charge in [0.15, 0.2) is 11.6 Å². The first-order valence-corrected chi connectivity index (χ1v) is 6.33. The van der Waals surface area contributed by atoms with Crippen LogP contribution in [0.1, 0.15) is 20.3 Å². The first kappa shape index (κ1) is 13.0. The van der Waals surface area contributed by atoms with E-state index in [9.17, 15) is 4.39 Å². The molecule has 100 valence electrons. The van der Waals surface area contributed by atoms with Crippen LogP contribution in [0.5, 0.6) is 0 Å². The first-order valence-electron chi connectivity index (χ1n) is 6.33. The molecular weight excluding hydrogens is 235 g/mol. The normalized spacial score (nSPS) is 20.6. The molecule has 1 aromatic heterocycles. The molecule has 1 fully saturated rings. The van der Waals surface area contributed by atoms with Crippen LogP contribution in [0.15, 0.2) is 6.20 Å². The van der Waals surface area contributed by atoms with Gasteiger partial charge in [0.1, 0.15) is 0 Å². The molecule has 0 spiro atoms. The highest BCUT2D eigenvalue weighted by Crippen LogP contribution is 2.20. The van der Waals surface area contributed by atoms with Crippen LogP contribution in [-0.4, -0.2) is 42.3 Å². The van der Waals surface area contributed by atoms with E-state index < -0.39 is 0 Å². The number of anilines is 2. The van der Waals surface area contributed by atoms with Crippen molar-refractivity contribution >= 4 is 11.8 Å². The van der Waals surface area contributed by atoms with E-state index in [1.807, 2.05) is 18.7 Å². The van der Waals surface area contributed by atoms with Crippen molar-refractivity contribution in [3.63, 3.8) is 0 Å². The molecule has 18 heavy (non-hydrogen) atoms. The minimum Gasteiger partial charge on any atom is -0.377 e. The molecule has 1 aromatic rings. The van der Waals surface area contributed by atoms with Crippen molar-refractivity contribution in [2.24, 2.45) is 0 Å². The third kappa shape index (κ3) is 3.07. The quantitative estimate of drug-likeness (QED) is 0.889. The van der Waals surface area contributed by atoms with Crippen molar-refractivity contribution in [1.82, 2.24) is 9.97 Å². The summed E-state index contributed by atoms with van der Waals surface area (Å²) < 4.78 is 19.4. The highest BCUT2D eigenvalue weighted by atomic mass is 19.1. The third-order valence-corrected chi connectivity index (χ3v) is 2.81. The van der Waals surface area contributed by atoms with Gasteiger partial charge in [0, 0.05) is 26.2 Å². The monoisotopic (exact) mass is 254 g/mol. The Hall–Kier alpha value is -1.43. The number of nitrogens with one attached hydrogen (secondary N) is 1. The molecule has 1 atom stereocenters. The molecule has 5 nitrogen and oxygen atoms in total. The van der Waals surface area contributed by atoms with Crippen molar-refractivity contribution in [2.45, 2.75) is 26.4 Å². The fourth-order valence-electron chi connectivity index (χ4n) is 2.01. The summed E-state index contributed by atoms with van der Waals surface area (Å²) in [6.07, 6.45) is 2.19. The van der Waals surface area contributed by atoms with Gasteiger partial charge in [0.2, 0.25) is 5.95 Å². The van der Waals surface area contributed by atoms with Gasteiger partial charge in [-0.2, -0.15) is 4.98 Å². The largest absolute Gasteiger partial charge is 0.377 e. The summed E-state index contributed by atoms with van der Waals surface area (Å²) in [4.78, 5) is 10.1. The highest BCUT2D eigenvalue weighted by molar-refractivity contribution is 5.44. The van der Waals surface area contributed by atoms with Gasteiger partial charge in [-0.25, -0.2) is 9.37 Å². The van der Waals surface area contributed by atoms with Crippen LogP contribution in [0.3, 0.4) is 0 Å². The van der Waals surface area contributed by atoms with Crippen LogP contribution in [0.2, 0.25) is 0 Å². The average Bonchev–Trinajstić information content (AvgIpc) is 2.57. The molecule has 1 saturated heterocycles. The summed E-state index contributed by atoms with van der Waals surface area (Å²) in [7, 11) is 0. The number of ether oxygens (including phenoxy) is 1. The smallest absolute Gasteiger partial charge is 0.224 e. The molecule has 2 heterocycles. The zero-order valence-corrected chi connectivity index (χ0v) is 10.8. The van der Waals surface area contributed by atoms with Crippen molar-refractivity contribution in [2.75, 3.05) is 36.5 Å². The van der Waals surface area contributed by atoms with Crippen LogP contribution in [0, 0.1) is 5.82 Å². The topological polar surface area (TPSA) is 50.3 Å². The number of hydrogen-bond donors (Lipinski definition) is 1. The van der Waals surface area contributed by atoms with Gasteiger partial charge in [0.05, 0.1) is 12.3 Å². The first-order chi connectivity index (χ1) is 8.70. The third-order valence-electron chi connectivity index (χ3n) is 2.81. The lowest BCUT2D eigenvalue weighted by atomic mass is 10.3. The Kier molecular flexibility index (Phi) is 4.30. The van der Waals surface area contributed by atoms with Gasteiger partial charge in [-0.15, -0.1) is 0 Å². The Morgan fingerprint density at radius 1 is 1.61 bits per heavy atom. The van der Waals surface area contributed by atoms with Crippen molar-refractivity contribution in [1.29, 1.82) is 0 Å². The minimum absolute atomic E-state index is 0.0875. The number of aromatic nitrogens is 2. The maximum Gasteiger partial charge on any atom is 0.224 e. The van der Waals surface area contributed by atoms with E-state index in [0.29, 0.717) is 31.5 Å². The fourth-order valence-corrected chi connectivity index (χ4v) is 2.01. The Morgan fingerprint density at radius 3 is 3.22 bits per heavy atom. The molecule has 0 radical (unpaired) electrons. The summed E-state index contributed by atoms with van der Waals surface area (Å²) in [5, 5.41) is 2.99. The predicted molar refractivity (Wildman–Crippen MR) is 68.4 cm³/mol. The standard InChI is InChI=1S/C12H19FN4O/c1-3-14-12-15-7-10(13)11(16-12)17-5-4-6-18-9(2)8-17/h7,9H,3-6,8H2,1-2H3,(H,14,15,16). The molecule has 0 saturated carbocycles. The van der Waals surface area contributed by atoms with E-state index >= 15 is 0 Å². The van der Waals surface area contributed by atoms with Gasteiger partial charge in [0.25, 0.3) is 0 Å². The number of halogens is 1. The van der Waals surface area contributed by atoms with Crippen molar-refractivity contribution in [3.8, 4) is 0 Å². The number of nitrogens with zero attached hydrogens (tertiary/aromatic N) is 3. The number of rotatable bonds is 3. The summed E-state index contributed by atoms with van der Waals surface area (Å²) in [5.41, 5.74) is 0. The predicted octanol–water partition coefficient (Wildman–Crippen LogP) is 1.66. The van der Waals surface area contributed by atoms with E-state index in [1.54, 1.807) is 0 Å². The molecular formula is C12H19FN4O.